The summed E-state index contributed by atoms with van der Waals surface area (Å²) in [6.07, 6.45) is 4.96. The summed E-state index contributed by atoms with van der Waals surface area (Å²) in [5.41, 5.74) is 1.83. The zero-order chi connectivity index (χ0) is 17.8. The number of carbonyl (C=O) groups is 2. The first-order valence-electron chi connectivity index (χ1n) is 7.53. The Morgan fingerprint density at radius 2 is 2.16 bits per heavy atom. The van der Waals surface area contributed by atoms with E-state index in [9.17, 15) is 14.9 Å². The van der Waals surface area contributed by atoms with E-state index in [0.29, 0.717) is 11.1 Å². The van der Waals surface area contributed by atoms with Crippen LogP contribution in [0.1, 0.15) is 21.7 Å². The molecule has 7 heteroatoms. The molecule has 0 fully saturated rings. The highest BCUT2D eigenvalue weighted by atomic mass is 16.5. The Labute approximate surface area is 143 Å². The van der Waals surface area contributed by atoms with Gasteiger partial charge in [-0.25, -0.2) is 0 Å². The first-order chi connectivity index (χ1) is 12.1. The molecule has 0 aliphatic heterocycles. The molecule has 3 aromatic heterocycles. The fourth-order valence-corrected chi connectivity index (χ4v) is 2.47. The molecule has 0 saturated carbocycles. The van der Waals surface area contributed by atoms with E-state index in [4.69, 9.17) is 9.15 Å². The van der Waals surface area contributed by atoms with Crippen molar-refractivity contribution < 1.29 is 18.7 Å². The molecule has 0 N–H and O–H groups in total. The number of pyridine rings is 1. The van der Waals surface area contributed by atoms with E-state index in [-0.39, 0.29) is 18.9 Å². The lowest BCUT2D eigenvalue weighted by Crippen LogP contribution is -2.32. The maximum Gasteiger partial charge on any atom is 0.325 e. The minimum absolute atomic E-state index is 0.0355. The molecule has 126 valence electrons. The third-order valence-electron chi connectivity index (χ3n) is 3.71. The number of hydrogen-bond donors (Lipinski definition) is 0. The Balaban J connectivity index is 1.63. The number of amides is 1. The number of carbonyl (C=O) groups excluding carboxylic acids is 2. The van der Waals surface area contributed by atoms with E-state index in [1.54, 1.807) is 16.7 Å². The van der Waals surface area contributed by atoms with Crippen LogP contribution in [0.3, 0.4) is 0 Å². The van der Waals surface area contributed by atoms with E-state index in [2.05, 4.69) is 6.07 Å². The van der Waals surface area contributed by atoms with Gasteiger partial charge in [0, 0.05) is 25.0 Å². The Morgan fingerprint density at radius 3 is 2.88 bits per heavy atom. The van der Waals surface area contributed by atoms with Crippen LogP contribution in [0.15, 0.2) is 53.4 Å². The fraction of sp³-hybridized carbons (Fsp3) is 0.167. The second-order valence-corrected chi connectivity index (χ2v) is 5.43. The molecule has 0 atom stereocenters. The zero-order valence-electron chi connectivity index (χ0n) is 13.5. The third kappa shape index (κ3) is 3.38. The van der Waals surface area contributed by atoms with Gasteiger partial charge in [-0.05, 0) is 24.3 Å². The fourth-order valence-electron chi connectivity index (χ4n) is 2.47. The number of ether oxygens (including phenoxy) is 1. The molecule has 3 aromatic rings. The zero-order valence-corrected chi connectivity index (χ0v) is 13.5. The number of esters is 1. The first kappa shape index (κ1) is 16.3. The van der Waals surface area contributed by atoms with Crippen LogP contribution >= 0.6 is 0 Å². The molecule has 25 heavy (non-hydrogen) atoms. The van der Waals surface area contributed by atoms with Crippen molar-refractivity contribution in [1.29, 1.82) is 5.26 Å². The standard InChI is InChI=1S/C18H15N3O4/c1-20(18(23)16-6-4-8-24-16)11-17(22)25-12-13-10-21-7-3-2-5-15(21)14(13)9-19/h2-8,10H,11-12H2,1H3. The van der Waals surface area contributed by atoms with Gasteiger partial charge in [0.2, 0.25) is 0 Å². The number of nitrogens with zero attached hydrogens (tertiary/aromatic N) is 3. The van der Waals surface area contributed by atoms with Crippen molar-refractivity contribution in [3.05, 3.63) is 65.9 Å². The molecule has 0 unspecified atom stereocenters. The van der Waals surface area contributed by atoms with Gasteiger partial charge in [0.1, 0.15) is 19.2 Å². The molecule has 3 rings (SSSR count). The second kappa shape index (κ2) is 6.93. The summed E-state index contributed by atoms with van der Waals surface area (Å²) in [5.74, 6) is -0.823. The number of furan rings is 1. The highest BCUT2D eigenvalue weighted by Gasteiger charge is 2.18. The SMILES string of the molecule is CN(CC(=O)OCc1cn2ccccc2c1C#N)C(=O)c1ccco1. The third-order valence-corrected chi connectivity index (χ3v) is 3.71. The maximum absolute atomic E-state index is 12.0. The Kier molecular flexibility index (Phi) is 4.53. The predicted octanol–water partition coefficient (Wildman–Crippen LogP) is 2.22. The minimum Gasteiger partial charge on any atom is -0.459 e. The van der Waals surface area contributed by atoms with Crippen LogP contribution in [-0.4, -0.2) is 34.8 Å². The van der Waals surface area contributed by atoms with Crippen molar-refractivity contribution >= 4 is 17.4 Å². The molecule has 3 heterocycles. The van der Waals surface area contributed by atoms with Crippen molar-refractivity contribution in [3.63, 3.8) is 0 Å². The summed E-state index contributed by atoms with van der Waals surface area (Å²) in [7, 11) is 1.49. The molecule has 0 aliphatic carbocycles. The van der Waals surface area contributed by atoms with Gasteiger partial charge in [0.15, 0.2) is 5.76 Å². The molecule has 0 saturated heterocycles. The van der Waals surface area contributed by atoms with Gasteiger partial charge in [-0.1, -0.05) is 6.07 Å². The summed E-state index contributed by atoms with van der Waals surface area (Å²) < 4.78 is 12.0. The highest BCUT2D eigenvalue weighted by molar-refractivity contribution is 5.93. The lowest BCUT2D eigenvalue weighted by Gasteiger charge is -2.14. The lowest BCUT2D eigenvalue weighted by molar-refractivity contribution is -0.145. The van der Waals surface area contributed by atoms with Gasteiger partial charge in [0.25, 0.3) is 5.91 Å². The second-order valence-electron chi connectivity index (χ2n) is 5.43. The largest absolute Gasteiger partial charge is 0.459 e. The van der Waals surface area contributed by atoms with Crippen LogP contribution in [0.5, 0.6) is 0 Å². The topological polar surface area (TPSA) is 88.0 Å². The van der Waals surface area contributed by atoms with Crippen LogP contribution in [0.25, 0.3) is 5.52 Å². The number of rotatable bonds is 5. The molecule has 0 spiro atoms. The van der Waals surface area contributed by atoms with Gasteiger partial charge in [-0.3, -0.25) is 9.59 Å². The Morgan fingerprint density at radius 1 is 1.32 bits per heavy atom. The average Bonchev–Trinajstić information content (AvgIpc) is 3.26. The maximum atomic E-state index is 12.0. The van der Waals surface area contributed by atoms with E-state index in [0.717, 1.165) is 5.52 Å². The van der Waals surface area contributed by atoms with Gasteiger partial charge >= 0.3 is 5.97 Å². The van der Waals surface area contributed by atoms with Gasteiger partial charge in [-0.15, -0.1) is 0 Å². The van der Waals surface area contributed by atoms with Gasteiger partial charge < -0.3 is 18.5 Å². The van der Waals surface area contributed by atoms with Crippen molar-refractivity contribution in [2.45, 2.75) is 6.61 Å². The van der Waals surface area contributed by atoms with Crippen LogP contribution in [0.2, 0.25) is 0 Å². The molecule has 1 amide bonds. The van der Waals surface area contributed by atoms with Crippen molar-refractivity contribution in [2.24, 2.45) is 0 Å². The average molecular weight is 337 g/mol. The molecule has 0 bridgehead atoms. The first-order valence-corrected chi connectivity index (χ1v) is 7.53. The van der Waals surface area contributed by atoms with Crippen LogP contribution in [-0.2, 0) is 16.1 Å². The van der Waals surface area contributed by atoms with E-state index < -0.39 is 11.9 Å². The normalized spacial score (nSPS) is 10.4. The van der Waals surface area contributed by atoms with E-state index in [1.165, 1.54) is 24.3 Å². The molecule has 0 aliphatic rings. The van der Waals surface area contributed by atoms with Crippen molar-refractivity contribution in [1.82, 2.24) is 9.30 Å². The van der Waals surface area contributed by atoms with Crippen LogP contribution in [0.4, 0.5) is 0 Å². The monoisotopic (exact) mass is 337 g/mol. The van der Waals surface area contributed by atoms with Crippen molar-refractivity contribution in [2.75, 3.05) is 13.6 Å². The lowest BCUT2D eigenvalue weighted by atomic mass is 10.2. The molecule has 7 nitrogen and oxygen atoms in total. The van der Waals surface area contributed by atoms with Crippen LogP contribution < -0.4 is 0 Å². The minimum atomic E-state index is -0.568. The highest BCUT2D eigenvalue weighted by Crippen LogP contribution is 2.18. The number of aromatic nitrogens is 1. The summed E-state index contributed by atoms with van der Waals surface area (Å²) in [6.45, 7) is -0.249. The summed E-state index contributed by atoms with van der Waals surface area (Å²) >= 11 is 0. The number of hydrogen-bond acceptors (Lipinski definition) is 5. The summed E-state index contributed by atoms with van der Waals surface area (Å²) in [5, 5.41) is 9.33. The summed E-state index contributed by atoms with van der Waals surface area (Å²) in [4.78, 5) is 25.2. The number of likely N-dealkylation sites (N-methyl/N-ethyl adjacent to an activating group) is 1. The molecular formula is C18H15N3O4. The van der Waals surface area contributed by atoms with Gasteiger partial charge in [0.05, 0.1) is 17.3 Å². The smallest absolute Gasteiger partial charge is 0.325 e. The molecule has 0 aromatic carbocycles. The molecule has 0 radical (unpaired) electrons. The van der Waals surface area contributed by atoms with Crippen LogP contribution in [0, 0.1) is 11.3 Å². The Hall–Kier alpha value is -3.53. The quantitative estimate of drug-likeness (QED) is 0.666. The number of fused-ring (bicyclic) bond motifs is 1. The van der Waals surface area contributed by atoms with Gasteiger partial charge in [-0.2, -0.15) is 5.26 Å². The van der Waals surface area contributed by atoms with Crippen molar-refractivity contribution in [3.8, 4) is 6.07 Å². The van der Waals surface area contributed by atoms with E-state index >= 15 is 0 Å². The number of nitriles is 1. The predicted molar refractivity (Wildman–Crippen MR) is 87.6 cm³/mol. The molecular weight excluding hydrogens is 322 g/mol. The van der Waals surface area contributed by atoms with E-state index in [1.807, 2.05) is 24.4 Å². The Bertz CT molecular complexity index is 951. The summed E-state index contributed by atoms with van der Waals surface area (Å²) in [6, 6.07) is 10.8.